The van der Waals surface area contributed by atoms with Crippen LogP contribution in [-0.2, 0) is 44.3 Å². The molecule has 3 aromatic heterocycles. The van der Waals surface area contributed by atoms with E-state index < -0.39 is 46.8 Å². The highest BCUT2D eigenvalue weighted by Crippen LogP contribution is 2.39. The van der Waals surface area contributed by atoms with E-state index in [4.69, 9.17) is 32.7 Å². The van der Waals surface area contributed by atoms with Crippen molar-refractivity contribution in [3.05, 3.63) is 160 Å². The van der Waals surface area contributed by atoms with Crippen LogP contribution < -0.4 is 10.6 Å². The zero-order valence-electron chi connectivity index (χ0n) is 32.1. The maximum absolute atomic E-state index is 13.5. The summed E-state index contributed by atoms with van der Waals surface area (Å²) in [4.78, 5) is 45.4. The zero-order valence-corrected chi connectivity index (χ0v) is 33.7. The molecule has 6 aromatic rings. The highest BCUT2D eigenvalue weighted by molar-refractivity contribution is 6.32. The van der Waals surface area contributed by atoms with Crippen molar-refractivity contribution in [1.29, 1.82) is 0 Å². The van der Waals surface area contributed by atoms with Gasteiger partial charge in [0, 0.05) is 47.3 Å². The molecule has 6 rings (SSSR count). The molecule has 19 heteroatoms. The maximum atomic E-state index is 13.5. The number of nitrogens with zero attached hydrogens (tertiary/aromatic N) is 5. The van der Waals surface area contributed by atoms with E-state index in [1.165, 1.54) is 12.4 Å². The number of nitrogens with one attached hydrogen (secondary N) is 2. The van der Waals surface area contributed by atoms with Gasteiger partial charge in [-0.25, -0.2) is 15.0 Å². The lowest BCUT2D eigenvalue weighted by molar-refractivity contribution is -0.145. The number of para-hydroxylation sites is 2. The normalized spacial score (nSPS) is 12.3. The van der Waals surface area contributed by atoms with Crippen molar-refractivity contribution in [1.82, 2.24) is 24.9 Å². The number of hydrogen-bond donors (Lipinski definition) is 2. The van der Waals surface area contributed by atoms with Crippen molar-refractivity contribution in [2.75, 3.05) is 24.4 Å². The smallest absolute Gasteiger partial charge is 0.416 e. The van der Waals surface area contributed by atoms with Crippen LogP contribution in [0, 0.1) is 0 Å². The Morgan fingerprint density at radius 2 is 1.23 bits per heavy atom. The van der Waals surface area contributed by atoms with E-state index in [1.807, 2.05) is 6.07 Å². The summed E-state index contributed by atoms with van der Waals surface area (Å²) in [5.41, 5.74) is -0.612. The third-order valence-electron chi connectivity index (χ3n) is 8.74. The minimum Gasteiger partial charge on any atom is -0.469 e. The highest BCUT2D eigenvalue weighted by atomic mass is 35.5. The Balaban J connectivity index is 0.000000281. The van der Waals surface area contributed by atoms with E-state index in [2.05, 4.69) is 35.6 Å². The summed E-state index contributed by atoms with van der Waals surface area (Å²) < 4.78 is 91.0. The van der Waals surface area contributed by atoms with E-state index in [9.17, 15) is 35.9 Å². The standard InChI is InChI=1S/C28H22F6N4O2.C14H13Cl2N3O2/c1-40-25(39)23(17-12-19(27(29,30)31)15-20(13-17)28(32,33)34)14-18-16-35-26(37-22-10-6-3-7-11-22)38-24(18)36-21-8-4-2-5-9-21;1-2-21-13(20)11(9-3-5-17-6-4-9)7-10-8-18-14(16)19-12(10)15/h2-13,15-16,23H,14H2,1H3,(H2,35,36,37,38);3-6,8,11H,2,7H2,1H3. The molecule has 0 saturated carbocycles. The molecule has 0 fully saturated rings. The zero-order chi connectivity index (χ0) is 44.2. The lowest BCUT2D eigenvalue weighted by atomic mass is 9.89. The Morgan fingerprint density at radius 1 is 0.689 bits per heavy atom. The molecule has 2 unspecified atom stereocenters. The Kier molecular flexibility index (Phi) is 15.6. The Labute approximate surface area is 355 Å². The van der Waals surface area contributed by atoms with Crippen molar-refractivity contribution < 1.29 is 45.4 Å². The van der Waals surface area contributed by atoms with E-state index in [1.54, 1.807) is 86.0 Å². The summed E-state index contributed by atoms with van der Waals surface area (Å²) in [7, 11) is 1.00. The summed E-state index contributed by atoms with van der Waals surface area (Å²) in [6.07, 6.45) is -4.06. The molecule has 0 aliphatic carbocycles. The van der Waals surface area contributed by atoms with E-state index in [0.717, 1.165) is 12.7 Å². The number of benzene rings is 3. The van der Waals surface area contributed by atoms with Gasteiger partial charge in [0.05, 0.1) is 36.7 Å². The Morgan fingerprint density at radius 3 is 1.77 bits per heavy atom. The molecule has 11 nitrogen and oxygen atoms in total. The molecule has 0 spiro atoms. The molecule has 0 amide bonds. The van der Waals surface area contributed by atoms with Gasteiger partial charge in [-0.2, -0.15) is 31.3 Å². The number of hydrogen-bond acceptors (Lipinski definition) is 11. The van der Waals surface area contributed by atoms with Crippen LogP contribution in [0.5, 0.6) is 0 Å². The van der Waals surface area contributed by atoms with Gasteiger partial charge in [0.25, 0.3) is 0 Å². The second-order valence-corrected chi connectivity index (χ2v) is 13.6. The quantitative estimate of drug-likeness (QED) is 0.0495. The van der Waals surface area contributed by atoms with Gasteiger partial charge in [0.2, 0.25) is 11.2 Å². The summed E-state index contributed by atoms with van der Waals surface area (Å²) in [5, 5.41) is 6.41. The minimum absolute atomic E-state index is 0.00732. The summed E-state index contributed by atoms with van der Waals surface area (Å²) in [6.45, 7) is 2.07. The van der Waals surface area contributed by atoms with Gasteiger partial charge in [-0.05, 0) is 97.1 Å². The molecule has 0 aliphatic heterocycles. The fourth-order valence-electron chi connectivity index (χ4n) is 5.81. The number of rotatable bonds is 13. The molecule has 3 heterocycles. The fourth-order valence-corrected chi connectivity index (χ4v) is 6.19. The molecule has 0 aliphatic rings. The number of pyridine rings is 1. The summed E-state index contributed by atoms with van der Waals surface area (Å²) in [5.74, 6) is -3.01. The van der Waals surface area contributed by atoms with Gasteiger partial charge in [-0.1, -0.05) is 48.0 Å². The number of methoxy groups -OCH3 is 1. The number of halogens is 8. The topological polar surface area (TPSA) is 141 Å². The molecule has 0 bridgehead atoms. The van der Waals surface area contributed by atoms with Gasteiger partial charge in [-0.15, -0.1) is 0 Å². The minimum atomic E-state index is -5.08. The van der Waals surface area contributed by atoms with Crippen LogP contribution in [0.1, 0.15) is 52.1 Å². The van der Waals surface area contributed by atoms with Crippen molar-refractivity contribution in [3.8, 4) is 0 Å². The summed E-state index contributed by atoms with van der Waals surface area (Å²) >= 11 is 11.7. The van der Waals surface area contributed by atoms with Gasteiger partial charge in [0.15, 0.2) is 0 Å². The van der Waals surface area contributed by atoms with Crippen molar-refractivity contribution in [3.63, 3.8) is 0 Å². The predicted octanol–water partition coefficient (Wildman–Crippen LogP) is 10.6. The number of carbonyl (C=O) groups is 2. The predicted molar refractivity (Wildman–Crippen MR) is 216 cm³/mol. The lowest BCUT2D eigenvalue weighted by Crippen LogP contribution is -2.20. The number of anilines is 4. The molecule has 3 aromatic carbocycles. The van der Waals surface area contributed by atoms with Crippen LogP contribution in [-0.4, -0.2) is 50.6 Å². The Bertz CT molecular complexity index is 2370. The van der Waals surface area contributed by atoms with Gasteiger partial charge >= 0.3 is 24.3 Å². The van der Waals surface area contributed by atoms with Gasteiger partial charge in [0.1, 0.15) is 11.0 Å². The molecule has 0 saturated heterocycles. The van der Waals surface area contributed by atoms with Crippen LogP contribution in [0.15, 0.2) is 116 Å². The second-order valence-electron chi connectivity index (χ2n) is 12.9. The van der Waals surface area contributed by atoms with Crippen LogP contribution in [0.2, 0.25) is 10.4 Å². The first-order valence-corrected chi connectivity index (χ1v) is 18.9. The number of esters is 2. The molecular weight excluding hydrogens is 851 g/mol. The first-order valence-electron chi connectivity index (χ1n) is 18.2. The SMILES string of the molecule is CCOC(=O)C(Cc1cnc(Cl)nc1Cl)c1ccncc1.COC(=O)C(Cc1cnc(Nc2ccccc2)nc1Nc1ccccc1)c1cc(C(F)(F)F)cc(C(F)(F)F)c1. The van der Waals surface area contributed by atoms with E-state index in [-0.39, 0.29) is 46.2 Å². The monoisotopic (exact) mass is 885 g/mol. The summed E-state index contributed by atoms with van der Waals surface area (Å²) in [6, 6.07) is 22.3. The number of ether oxygens (including phenoxy) is 2. The van der Waals surface area contributed by atoms with Crippen molar-refractivity contribution >= 4 is 58.3 Å². The van der Waals surface area contributed by atoms with Gasteiger partial charge in [-0.3, -0.25) is 14.6 Å². The molecule has 0 radical (unpaired) electrons. The molecule has 2 N–H and O–H groups in total. The molecule has 61 heavy (non-hydrogen) atoms. The largest absolute Gasteiger partial charge is 0.469 e. The third-order valence-corrected chi connectivity index (χ3v) is 9.25. The van der Waals surface area contributed by atoms with Crippen LogP contribution >= 0.6 is 23.2 Å². The average Bonchev–Trinajstić information content (AvgIpc) is 3.23. The van der Waals surface area contributed by atoms with Crippen molar-refractivity contribution in [2.24, 2.45) is 0 Å². The number of aromatic nitrogens is 5. The molecule has 318 valence electrons. The van der Waals surface area contributed by atoms with Crippen LogP contribution in [0.3, 0.4) is 0 Å². The van der Waals surface area contributed by atoms with Gasteiger partial charge < -0.3 is 20.1 Å². The van der Waals surface area contributed by atoms with E-state index in [0.29, 0.717) is 42.1 Å². The van der Waals surface area contributed by atoms with Crippen molar-refractivity contribution in [2.45, 2.75) is 44.0 Å². The van der Waals surface area contributed by atoms with E-state index >= 15 is 0 Å². The highest BCUT2D eigenvalue weighted by Gasteiger charge is 2.38. The second kappa shape index (κ2) is 20.8. The molecular formula is C42H35Cl2F6N7O4. The lowest BCUT2D eigenvalue weighted by Gasteiger charge is -2.21. The first kappa shape index (κ1) is 45.7. The first-order chi connectivity index (χ1) is 29.0. The number of alkyl halides is 6. The maximum Gasteiger partial charge on any atom is 0.416 e. The van der Waals surface area contributed by atoms with Crippen LogP contribution in [0.25, 0.3) is 0 Å². The fraction of sp³-hybridized carbons (Fsp3) is 0.214. The average molecular weight is 887 g/mol. The third kappa shape index (κ3) is 13.1. The Hall–Kier alpha value is -6.33. The van der Waals surface area contributed by atoms with Crippen LogP contribution in [0.4, 0.5) is 49.5 Å². The molecule has 2 atom stereocenters. The number of carbonyl (C=O) groups excluding carboxylic acids is 2.